The normalized spacial score (nSPS) is 15.4. The summed E-state index contributed by atoms with van der Waals surface area (Å²) < 4.78 is 10.4. The molecule has 3 amide bonds. The molecular weight excluding hydrogens is 454 g/mol. The Morgan fingerprint density at radius 3 is 2.62 bits per heavy atom. The van der Waals surface area contributed by atoms with E-state index in [1.54, 1.807) is 72.5 Å². The predicted molar refractivity (Wildman–Crippen MR) is 130 cm³/mol. The number of hydrogen-bond acceptors (Lipinski definition) is 6. The van der Waals surface area contributed by atoms with Crippen LogP contribution >= 0.6 is 11.8 Å². The molecule has 3 aromatic rings. The molecule has 1 atom stereocenters. The zero-order chi connectivity index (χ0) is 23.9. The first-order chi connectivity index (χ1) is 16.6. The molecule has 9 heteroatoms. The third-order valence-corrected chi connectivity index (χ3v) is 6.60. The van der Waals surface area contributed by atoms with Crippen molar-refractivity contribution < 1.29 is 23.5 Å². The summed E-state index contributed by atoms with van der Waals surface area (Å²) in [6.45, 7) is 1.17. The van der Waals surface area contributed by atoms with Crippen molar-refractivity contribution in [3.05, 3.63) is 89.4 Å². The summed E-state index contributed by atoms with van der Waals surface area (Å²) in [5.74, 6) is 0.557. The number of methoxy groups -OCH3 is 1. The number of furan rings is 1. The highest BCUT2D eigenvalue weighted by molar-refractivity contribution is 8.00. The zero-order valence-electron chi connectivity index (χ0n) is 18.7. The van der Waals surface area contributed by atoms with E-state index in [1.807, 2.05) is 18.2 Å². The first kappa shape index (κ1) is 23.6. The number of para-hydroxylation sites is 1. The monoisotopic (exact) mass is 479 g/mol. The first-order valence-corrected chi connectivity index (χ1v) is 11.8. The van der Waals surface area contributed by atoms with Gasteiger partial charge in [0.2, 0.25) is 5.91 Å². The lowest BCUT2D eigenvalue weighted by molar-refractivity contribution is -0.128. The molecule has 4 rings (SSSR count). The fraction of sp³-hybridized carbons (Fsp3) is 0.240. The number of nitrogens with zero attached hydrogens (tertiary/aromatic N) is 1. The number of amides is 3. The highest BCUT2D eigenvalue weighted by Gasteiger charge is 2.33. The van der Waals surface area contributed by atoms with E-state index in [1.165, 1.54) is 0 Å². The molecule has 0 unspecified atom stereocenters. The van der Waals surface area contributed by atoms with Crippen LogP contribution in [0.1, 0.15) is 37.4 Å². The maximum Gasteiger partial charge on any atom is 0.255 e. The Bertz CT molecular complexity index is 1150. The molecule has 1 aromatic heterocycles. The Labute approximate surface area is 201 Å². The predicted octanol–water partition coefficient (Wildman–Crippen LogP) is 3.68. The second kappa shape index (κ2) is 11.0. The summed E-state index contributed by atoms with van der Waals surface area (Å²) in [4.78, 5) is 39.5. The summed E-state index contributed by atoms with van der Waals surface area (Å²) in [5.41, 5.74) is 2.17. The smallest absolute Gasteiger partial charge is 0.255 e. The van der Waals surface area contributed by atoms with E-state index in [9.17, 15) is 14.4 Å². The molecule has 2 heterocycles. The van der Waals surface area contributed by atoms with Crippen LogP contribution in [0.3, 0.4) is 0 Å². The number of benzene rings is 2. The van der Waals surface area contributed by atoms with Gasteiger partial charge in [-0.15, -0.1) is 11.8 Å². The molecule has 0 bridgehead atoms. The zero-order valence-corrected chi connectivity index (χ0v) is 19.5. The van der Waals surface area contributed by atoms with E-state index in [4.69, 9.17) is 9.15 Å². The molecule has 1 fully saturated rings. The Hall–Kier alpha value is -3.56. The summed E-state index contributed by atoms with van der Waals surface area (Å²) in [6, 6.07) is 17.6. The Balaban J connectivity index is 1.44. The van der Waals surface area contributed by atoms with Crippen LogP contribution in [0.25, 0.3) is 0 Å². The van der Waals surface area contributed by atoms with Gasteiger partial charge in [0.1, 0.15) is 11.1 Å². The summed E-state index contributed by atoms with van der Waals surface area (Å²) in [7, 11) is 1.56. The van der Waals surface area contributed by atoms with Crippen molar-refractivity contribution in [1.82, 2.24) is 10.2 Å². The number of anilines is 1. The quantitative estimate of drug-likeness (QED) is 0.454. The van der Waals surface area contributed by atoms with Crippen LogP contribution in [0, 0.1) is 0 Å². The van der Waals surface area contributed by atoms with Gasteiger partial charge in [-0.2, -0.15) is 0 Å². The molecule has 0 saturated carbocycles. The molecule has 1 aliphatic rings. The van der Waals surface area contributed by atoms with E-state index < -0.39 is 0 Å². The summed E-state index contributed by atoms with van der Waals surface area (Å²) in [6.07, 6.45) is 1.59. The van der Waals surface area contributed by atoms with Gasteiger partial charge in [0.05, 0.1) is 36.4 Å². The van der Waals surface area contributed by atoms with E-state index in [0.717, 1.165) is 11.3 Å². The van der Waals surface area contributed by atoms with E-state index in [0.29, 0.717) is 42.3 Å². The minimum absolute atomic E-state index is 0.0496. The Kier molecular flexibility index (Phi) is 7.66. The molecular formula is C25H25N3O5S. The van der Waals surface area contributed by atoms with Gasteiger partial charge in [0.25, 0.3) is 11.8 Å². The number of nitrogens with one attached hydrogen (secondary N) is 2. The average Bonchev–Trinajstić information content (AvgIpc) is 3.50. The van der Waals surface area contributed by atoms with Gasteiger partial charge in [0.15, 0.2) is 0 Å². The third-order valence-electron chi connectivity index (χ3n) is 5.34. The maximum absolute atomic E-state index is 12.9. The lowest BCUT2D eigenvalue weighted by atomic mass is 10.1. The Morgan fingerprint density at radius 1 is 1.09 bits per heavy atom. The van der Waals surface area contributed by atoms with Gasteiger partial charge >= 0.3 is 0 Å². The number of hydrogen-bond donors (Lipinski definition) is 2. The minimum Gasteiger partial charge on any atom is -0.467 e. The average molecular weight is 480 g/mol. The van der Waals surface area contributed by atoms with Gasteiger partial charge < -0.3 is 24.7 Å². The second-order valence-corrected chi connectivity index (χ2v) is 8.70. The number of ether oxygens (including phenoxy) is 1. The minimum atomic E-state index is -0.328. The topological polar surface area (TPSA) is 101 Å². The van der Waals surface area contributed by atoms with Crippen LogP contribution in [0.15, 0.2) is 71.3 Å². The van der Waals surface area contributed by atoms with Crippen molar-refractivity contribution in [2.24, 2.45) is 0 Å². The highest BCUT2D eigenvalue weighted by Crippen LogP contribution is 2.39. The highest BCUT2D eigenvalue weighted by atomic mass is 32.2. The van der Waals surface area contributed by atoms with Crippen molar-refractivity contribution >= 4 is 35.2 Å². The van der Waals surface area contributed by atoms with E-state index in [-0.39, 0.29) is 23.1 Å². The molecule has 176 valence electrons. The molecule has 2 N–H and O–H groups in total. The molecule has 0 aliphatic carbocycles. The van der Waals surface area contributed by atoms with Crippen LogP contribution in [-0.4, -0.2) is 48.6 Å². The maximum atomic E-state index is 12.9. The molecule has 1 aliphatic heterocycles. The molecule has 2 aromatic carbocycles. The second-order valence-electron chi connectivity index (χ2n) is 7.63. The van der Waals surface area contributed by atoms with Crippen molar-refractivity contribution in [2.75, 3.05) is 31.3 Å². The van der Waals surface area contributed by atoms with Crippen LogP contribution in [0.2, 0.25) is 0 Å². The number of rotatable bonds is 9. The Morgan fingerprint density at radius 2 is 1.88 bits per heavy atom. The molecule has 8 nitrogen and oxygen atoms in total. The van der Waals surface area contributed by atoms with Crippen molar-refractivity contribution in [3.8, 4) is 0 Å². The number of carbonyl (C=O) groups is 3. The van der Waals surface area contributed by atoms with Gasteiger partial charge in [-0.3, -0.25) is 14.4 Å². The third kappa shape index (κ3) is 5.49. The number of carbonyl (C=O) groups excluding carboxylic acids is 3. The SMILES string of the molecule is COCCNC(=O)c1ccccc1NC(=O)c1ccc([C@@H]2SCC(=O)N2Cc2ccco2)cc1. The lowest BCUT2D eigenvalue weighted by Gasteiger charge is -2.23. The summed E-state index contributed by atoms with van der Waals surface area (Å²) >= 11 is 1.54. The van der Waals surface area contributed by atoms with Crippen molar-refractivity contribution in [1.29, 1.82) is 0 Å². The lowest BCUT2D eigenvalue weighted by Crippen LogP contribution is -2.28. The first-order valence-electron chi connectivity index (χ1n) is 10.8. The van der Waals surface area contributed by atoms with E-state index in [2.05, 4.69) is 10.6 Å². The standard InChI is InChI=1S/C25H25N3O5S/c1-32-14-12-26-24(31)20-6-2-3-7-21(20)27-23(30)17-8-10-18(11-9-17)25-28(22(29)16-34-25)15-19-5-4-13-33-19/h2-11,13,25H,12,14-16H2,1H3,(H,26,31)(H,27,30)/t25-/m0/s1. The summed E-state index contributed by atoms with van der Waals surface area (Å²) in [5, 5.41) is 5.43. The van der Waals surface area contributed by atoms with Crippen molar-refractivity contribution in [3.63, 3.8) is 0 Å². The fourth-order valence-electron chi connectivity index (χ4n) is 3.62. The largest absolute Gasteiger partial charge is 0.467 e. The van der Waals surface area contributed by atoms with Gasteiger partial charge in [-0.1, -0.05) is 24.3 Å². The van der Waals surface area contributed by atoms with Gasteiger partial charge in [0, 0.05) is 19.2 Å². The van der Waals surface area contributed by atoms with E-state index >= 15 is 0 Å². The van der Waals surface area contributed by atoms with Crippen LogP contribution in [0.4, 0.5) is 5.69 Å². The molecule has 1 saturated heterocycles. The number of thioether (sulfide) groups is 1. The molecule has 34 heavy (non-hydrogen) atoms. The van der Waals surface area contributed by atoms with Gasteiger partial charge in [-0.25, -0.2) is 0 Å². The fourth-order valence-corrected chi connectivity index (χ4v) is 4.81. The molecule has 0 spiro atoms. The van der Waals surface area contributed by atoms with Crippen LogP contribution in [-0.2, 0) is 16.1 Å². The van der Waals surface area contributed by atoms with Crippen LogP contribution < -0.4 is 10.6 Å². The van der Waals surface area contributed by atoms with Gasteiger partial charge in [-0.05, 0) is 42.0 Å². The van der Waals surface area contributed by atoms with Crippen LogP contribution in [0.5, 0.6) is 0 Å². The van der Waals surface area contributed by atoms with Crippen molar-refractivity contribution in [2.45, 2.75) is 11.9 Å². The molecule has 0 radical (unpaired) electrons.